The maximum Gasteiger partial charge on any atom is 0.238 e. The van der Waals surface area contributed by atoms with Gasteiger partial charge in [-0.1, -0.05) is 17.3 Å². The Morgan fingerprint density at radius 2 is 1.96 bits per heavy atom. The molecule has 1 N–H and O–H groups in total. The Hall–Kier alpha value is -3.14. The van der Waals surface area contributed by atoms with Crippen molar-refractivity contribution in [2.45, 2.75) is 13.5 Å². The van der Waals surface area contributed by atoms with Gasteiger partial charge in [0.2, 0.25) is 5.91 Å². The zero-order valence-corrected chi connectivity index (χ0v) is 15.5. The van der Waals surface area contributed by atoms with Gasteiger partial charge in [-0.3, -0.25) is 9.69 Å². The highest BCUT2D eigenvalue weighted by Crippen LogP contribution is 2.21. The van der Waals surface area contributed by atoms with Gasteiger partial charge in [0, 0.05) is 32.7 Å². The van der Waals surface area contributed by atoms with Crippen molar-refractivity contribution in [3.05, 3.63) is 36.4 Å². The van der Waals surface area contributed by atoms with Crippen molar-refractivity contribution in [1.82, 2.24) is 29.9 Å². The highest BCUT2D eigenvalue weighted by atomic mass is 19.1. The Labute approximate surface area is 161 Å². The Kier molecular flexibility index (Phi) is 5.11. The number of aryl methyl sites for hydroxylation is 1. The molecule has 0 aliphatic carbocycles. The lowest BCUT2D eigenvalue weighted by atomic mass is 10.2. The summed E-state index contributed by atoms with van der Waals surface area (Å²) in [4.78, 5) is 25.0. The Morgan fingerprint density at radius 3 is 2.71 bits per heavy atom. The molecule has 0 bridgehead atoms. The lowest BCUT2D eigenvalue weighted by Gasteiger charge is -2.34. The van der Waals surface area contributed by atoms with E-state index in [4.69, 9.17) is 0 Å². The van der Waals surface area contributed by atoms with Crippen LogP contribution in [0, 0.1) is 5.82 Å². The lowest BCUT2D eigenvalue weighted by molar-refractivity contribution is -0.117. The van der Waals surface area contributed by atoms with E-state index in [1.807, 2.05) is 11.8 Å². The van der Waals surface area contributed by atoms with Crippen LogP contribution >= 0.6 is 0 Å². The molecule has 3 heterocycles. The molecule has 4 rings (SSSR count). The third kappa shape index (κ3) is 3.63. The van der Waals surface area contributed by atoms with Gasteiger partial charge in [0.1, 0.15) is 12.1 Å². The fourth-order valence-electron chi connectivity index (χ4n) is 3.30. The molecule has 0 atom stereocenters. The minimum absolute atomic E-state index is 0.202. The number of aromatic nitrogens is 5. The van der Waals surface area contributed by atoms with Gasteiger partial charge in [-0.2, -0.15) is 0 Å². The molecular formula is C18H21FN8O. The summed E-state index contributed by atoms with van der Waals surface area (Å²) < 4.78 is 15.4. The first-order valence-corrected chi connectivity index (χ1v) is 9.21. The van der Waals surface area contributed by atoms with Crippen LogP contribution in [0.4, 0.5) is 15.9 Å². The minimum atomic E-state index is -0.437. The first-order valence-electron chi connectivity index (χ1n) is 9.21. The number of carbonyl (C=O) groups is 1. The van der Waals surface area contributed by atoms with E-state index >= 15 is 0 Å². The molecule has 0 radical (unpaired) electrons. The quantitative estimate of drug-likeness (QED) is 0.705. The summed E-state index contributed by atoms with van der Waals surface area (Å²) in [5.74, 6) is 0.0996. The Bertz CT molecular complexity index is 983. The van der Waals surface area contributed by atoms with Gasteiger partial charge >= 0.3 is 0 Å². The summed E-state index contributed by atoms with van der Waals surface area (Å²) in [6.45, 7) is 5.69. The van der Waals surface area contributed by atoms with Crippen molar-refractivity contribution in [1.29, 1.82) is 0 Å². The van der Waals surface area contributed by atoms with Crippen molar-refractivity contribution in [2.75, 3.05) is 42.9 Å². The summed E-state index contributed by atoms with van der Waals surface area (Å²) in [7, 11) is 0. The Balaban J connectivity index is 1.37. The van der Waals surface area contributed by atoms with E-state index in [1.54, 1.807) is 22.9 Å². The number of para-hydroxylation sites is 1. The third-order valence-electron chi connectivity index (χ3n) is 4.77. The monoisotopic (exact) mass is 384 g/mol. The van der Waals surface area contributed by atoms with Crippen molar-refractivity contribution >= 4 is 28.6 Å². The Morgan fingerprint density at radius 1 is 1.18 bits per heavy atom. The molecule has 1 aromatic carbocycles. The number of rotatable bonds is 5. The van der Waals surface area contributed by atoms with Crippen molar-refractivity contribution in [3.8, 4) is 0 Å². The predicted octanol–water partition coefficient (Wildman–Crippen LogP) is 1.14. The number of carbonyl (C=O) groups excluding carboxylic acids is 1. The molecule has 1 fully saturated rings. The number of halogens is 1. The maximum absolute atomic E-state index is 13.7. The van der Waals surface area contributed by atoms with Crippen molar-refractivity contribution < 1.29 is 9.18 Å². The SMILES string of the molecule is CCn1nnc2c(N3CCN(CC(=O)Nc4ccccc4F)CC3)ncnc21. The normalized spacial score (nSPS) is 15.1. The molecule has 2 aromatic heterocycles. The van der Waals surface area contributed by atoms with E-state index in [9.17, 15) is 9.18 Å². The molecule has 1 amide bonds. The summed E-state index contributed by atoms with van der Waals surface area (Å²) in [5, 5.41) is 11.0. The number of piperazine rings is 1. The van der Waals surface area contributed by atoms with Crippen LogP contribution in [0.2, 0.25) is 0 Å². The van der Waals surface area contributed by atoms with Gasteiger partial charge in [0.05, 0.1) is 12.2 Å². The lowest BCUT2D eigenvalue weighted by Crippen LogP contribution is -2.49. The van der Waals surface area contributed by atoms with E-state index in [1.165, 1.54) is 12.4 Å². The van der Waals surface area contributed by atoms with Gasteiger partial charge in [-0.15, -0.1) is 5.10 Å². The van der Waals surface area contributed by atoms with Crippen LogP contribution < -0.4 is 10.2 Å². The second kappa shape index (κ2) is 7.85. The van der Waals surface area contributed by atoms with E-state index in [0.717, 1.165) is 11.5 Å². The molecule has 10 heteroatoms. The standard InChI is InChI=1S/C18H21FN8O/c1-2-27-18-16(23-24-27)17(20-12-21-18)26-9-7-25(8-10-26)11-15(28)22-14-6-4-3-5-13(14)19/h3-6,12H,2,7-11H2,1H3,(H,22,28). The van der Waals surface area contributed by atoms with Gasteiger partial charge in [0.15, 0.2) is 17.0 Å². The average molecular weight is 384 g/mol. The molecule has 0 spiro atoms. The number of benzene rings is 1. The number of hydrogen-bond acceptors (Lipinski definition) is 7. The molecule has 3 aromatic rings. The van der Waals surface area contributed by atoms with Gasteiger partial charge in [-0.25, -0.2) is 19.0 Å². The molecule has 146 valence electrons. The first-order chi connectivity index (χ1) is 13.7. The number of hydrogen-bond donors (Lipinski definition) is 1. The molecule has 0 unspecified atom stereocenters. The largest absolute Gasteiger partial charge is 0.352 e. The van der Waals surface area contributed by atoms with E-state index in [2.05, 4.69) is 30.5 Å². The summed E-state index contributed by atoms with van der Waals surface area (Å²) in [6, 6.07) is 6.16. The van der Waals surface area contributed by atoms with Crippen molar-refractivity contribution in [2.24, 2.45) is 0 Å². The maximum atomic E-state index is 13.7. The molecule has 28 heavy (non-hydrogen) atoms. The number of nitrogens with zero attached hydrogens (tertiary/aromatic N) is 7. The van der Waals surface area contributed by atoms with Crippen LogP contribution in [0.3, 0.4) is 0 Å². The highest BCUT2D eigenvalue weighted by molar-refractivity contribution is 5.92. The molecule has 1 aliphatic heterocycles. The first kappa shape index (κ1) is 18.2. The van der Waals surface area contributed by atoms with Gasteiger partial charge in [0.25, 0.3) is 0 Å². The summed E-state index contributed by atoms with van der Waals surface area (Å²) >= 11 is 0. The van der Waals surface area contributed by atoms with Crippen LogP contribution in [0.15, 0.2) is 30.6 Å². The van der Waals surface area contributed by atoms with Crippen molar-refractivity contribution in [3.63, 3.8) is 0 Å². The average Bonchev–Trinajstić information content (AvgIpc) is 3.14. The molecule has 0 saturated carbocycles. The van der Waals surface area contributed by atoms with Gasteiger partial charge < -0.3 is 10.2 Å². The predicted molar refractivity (Wildman–Crippen MR) is 102 cm³/mol. The van der Waals surface area contributed by atoms with E-state index < -0.39 is 5.82 Å². The van der Waals surface area contributed by atoms with Crippen LogP contribution in [-0.4, -0.2) is 68.5 Å². The fraction of sp³-hybridized carbons (Fsp3) is 0.389. The number of amides is 1. The number of anilines is 2. The highest BCUT2D eigenvalue weighted by Gasteiger charge is 2.23. The van der Waals surface area contributed by atoms with Crippen LogP contribution in [0.25, 0.3) is 11.2 Å². The fourth-order valence-corrected chi connectivity index (χ4v) is 3.30. The number of nitrogens with one attached hydrogen (secondary N) is 1. The molecule has 1 aliphatic rings. The zero-order chi connectivity index (χ0) is 19.5. The smallest absolute Gasteiger partial charge is 0.238 e. The van der Waals surface area contributed by atoms with E-state index in [-0.39, 0.29) is 18.1 Å². The van der Waals surface area contributed by atoms with Crippen LogP contribution in [0.5, 0.6) is 0 Å². The minimum Gasteiger partial charge on any atom is -0.352 e. The molecule has 1 saturated heterocycles. The second-order valence-electron chi connectivity index (χ2n) is 6.57. The second-order valence-corrected chi connectivity index (χ2v) is 6.57. The topological polar surface area (TPSA) is 92.1 Å². The third-order valence-corrected chi connectivity index (χ3v) is 4.77. The molecule has 9 nitrogen and oxygen atoms in total. The molecular weight excluding hydrogens is 363 g/mol. The summed E-state index contributed by atoms with van der Waals surface area (Å²) in [5.41, 5.74) is 1.61. The van der Waals surface area contributed by atoms with E-state index in [0.29, 0.717) is 38.2 Å². The van der Waals surface area contributed by atoms with Crippen LogP contribution in [-0.2, 0) is 11.3 Å². The number of fused-ring (bicyclic) bond motifs is 1. The van der Waals surface area contributed by atoms with Gasteiger partial charge in [-0.05, 0) is 19.1 Å². The summed E-state index contributed by atoms with van der Waals surface area (Å²) in [6.07, 6.45) is 1.53. The zero-order valence-electron chi connectivity index (χ0n) is 15.5. The van der Waals surface area contributed by atoms with Crippen LogP contribution in [0.1, 0.15) is 6.92 Å².